The highest BCUT2D eigenvalue weighted by atomic mass is 16.5. The van der Waals surface area contributed by atoms with Crippen LogP contribution >= 0.6 is 0 Å². The van der Waals surface area contributed by atoms with E-state index in [4.69, 9.17) is 9.47 Å². The Hall–Kier alpha value is -3.61. The summed E-state index contributed by atoms with van der Waals surface area (Å²) in [6, 6.07) is 11.3. The number of anilines is 1. The zero-order chi connectivity index (χ0) is 18.1. The summed E-state index contributed by atoms with van der Waals surface area (Å²) < 4.78 is 10.4. The fraction of sp³-hybridized carbons (Fsp3) is 0.105. The molecular weight excluding hydrogens is 332 g/mol. The molecule has 3 heterocycles. The molecule has 0 saturated carbocycles. The molecule has 0 aliphatic carbocycles. The normalized spacial score (nSPS) is 14.2. The number of carbonyl (C=O) groups excluding carboxylic acids is 1. The maximum atomic E-state index is 12.5. The highest BCUT2D eigenvalue weighted by molar-refractivity contribution is 6.36. The summed E-state index contributed by atoms with van der Waals surface area (Å²) in [5.74, 6) is 0.228. The molecule has 130 valence electrons. The van der Waals surface area contributed by atoms with Gasteiger partial charge in [-0.15, -0.1) is 0 Å². The van der Waals surface area contributed by atoms with Crippen LogP contribution in [0.1, 0.15) is 11.3 Å². The van der Waals surface area contributed by atoms with Crippen LogP contribution in [0.3, 0.4) is 0 Å². The lowest BCUT2D eigenvalue weighted by molar-refractivity contribution is -0.110. The molecule has 26 heavy (non-hydrogen) atoms. The minimum Gasteiger partial charge on any atom is -0.481 e. The first-order valence-corrected chi connectivity index (χ1v) is 7.97. The first kappa shape index (κ1) is 15.9. The lowest BCUT2D eigenvalue weighted by Crippen LogP contribution is -2.03. The van der Waals surface area contributed by atoms with Gasteiger partial charge in [0.1, 0.15) is 0 Å². The van der Waals surface area contributed by atoms with Gasteiger partial charge in [-0.05, 0) is 24.3 Å². The molecule has 2 aromatic heterocycles. The van der Waals surface area contributed by atoms with Crippen molar-refractivity contribution in [1.82, 2.24) is 15.0 Å². The van der Waals surface area contributed by atoms with Gasteiger partial charge in [-0.3, -0.25) is 4.79 Å². The number of nitrogens with one attached hydrogen (secondary N) is 2. The Morgan fingerprint density at radius 2 is 1.96 bits per heavy atom. The number of aromatic amines is 1. The number of amides is 1. The maximum absolute atomic E-state index is 12.5. The number of rotatable bonds is 4. The Bertz CT molecular complexity index is 987. The number of ether oxygens (including phenoxy) is 2. The summed E-state index contributed by atoms with van der Waals surface area (Å²) in [4.78, 5) is 24.1. The number of nitrogens with zero attached hydrogens (tertiary/aromatic N) is 2. The predicted octanol–water partition coefficient (Wildman–Crippen LogP) is 2.98. The van der Waals surface area contributed by atoms with Crippen LogP contribution < -0.4 is 14.8 Å². The minimum atomic E-state index is -0.157. The lowest BCUT2D eigenvalue weighted by Gasteiger charge is -2.10. The van der Waals surface area contributed by atoms with Crippen LogP contribution in [0.15, 0.2) is 42.6 Å². The molecule has 7 heteroatoms. The largest absolute Gasteiger partial charge is 0.481 e. The standard InChI is InChI=1S/C19H16N4O3/c1-25-16-10-15(22-19(23-16)26-2)12-6-3-7-14-17(12)13(18(24)21-14)9-11-5-4-8-20-11/h3-10,20H,1-2H3,(H,21,24). The average molecular weight is 348 g/mol. The molecule has 1 aliphatic heterocycles. The molecule has 0 saturated heterocycles. The molecule has 7 nitrogen and oxygen atoms in total. The molecule has 0 radical (unpaired) electrons. The molecular formula is C19H16N4O3. The molecule has 4 rings (SSSR count). The number of carbonyl (C=O) groups is 1. The molecule has 0 bridgehead atoms. The van der Waals surface area contributed by atoms with Gasteiger partial charge in [-0.2, -0.15) is 9.97 Å². The van der Waals surface area contributed by atoms with Crippen molar-refractivity contribution < 1.29 is 14.3 Å². The molecule has 1 aliphatic rings. The fourth-order valence-corrected chi connectivity index (χ4v) is 2.93. The van der Waals surface area contributed by atoms with E-state index in [1.807, 2.05) is 42.6 Å². The first-order valence-electron chi connectivity index (χ1n) is 7.97. The van der Waals surface area contributed by atoms with Gasteiger partial charge in [0.05, 0.1) is 25.5 Å². The van der Waals surface area contributed by atoms with E-state index in [0.717, 1.165) is 22.5 Å². The third-order valence-electron chi connectivity index (χ3n) is 4.10. The number of fused-ring (bicyclic) bond motifs is 1. The van der Waals surface area contributed by atoms with Gasteiger partial charge < -0.3 is 19.8 Å². The third kappa shape index (κ3) is 2.69. The van der Waals surface area contributed by atoms with E-state index in [-0.39, 0.29) is 11.9 Å². The van der Waals surface area contributed by atoms with Crippen molar-refractivity contribution in [3.8, 4) is 23.1 Å². The van der Waals surface area contributed by atoms with Gasteiger partial charge in [0.15, 0.2) is 0 Å². The SMILES string of the molecule is COc1cc(-c2cccc3c2C(=Cc2ccc[nH]2)C(=O)N3)nc(OC)n1. The van der Waals surface area contributed by atoms with Crippen LogP contribution in [0, 0.1) is 0 Å². The molecule has 2 N–H and O–H groups in total. The monoisotopic (exact) mass is 348 g/mol. The quantitative estimate of drug-likeness (QED) is 0.708. The van der Waals surface area contributed by atoms with E-state index in [1.54, 1.807) is 6.07 Å². The van der Waals surface area contributed by atoms with Gasteiger partial charge in [-0.25, -0.2) is 0 Å². The van der Waals surface area contributed by atoms with Crippen LogP contribution in [0.4, 0.5) is 5.69 Å². The van der Waals surface area contributed by atoms with Gasteiger partial charge >= 0.3 is 6.01 Å². The van der Waals surface area contributed by atoms with Crippen molar-refractivity contribution in [3.63, 3.8) is 0 Å². The fourth-order valence-electron chi connectivity index (χ4n) is 2.93. The molecule has 0 fully saturated rings. The van der Waals surface area contributed by atoms with E-state index < -0.39 is 0 Å². The average Bonchev–Trinajstić information content (AvgIpc) is 3.29. The zero-order valence-electron chi connectivity index (χ0n) is 14.2. The Labute approximate surface area is 149 Å². The Morgan fingerprint density at radius 3 is 2.69 bits per heavy atom. The topological polar surface area (TPSA) is 89.1 Å². The Morgan fingerprint density at radius 1 is 1.08 bits per heavy atom. The van der Waals surface area contributed by atoms with Gasteiger partial charge in [0.25, 0.3) is 5.91 Å². The Balaban J connectivity index is 1.91. The van der Waals surface area contributed by atoms with Crippen molar-refractivity contribution in [1.29, 1.82) is 0 Å². The zero-order valence-corrected chi connectivity index (χ0v) is 14.2. The van der Waals surface area contributed by atoms with Gasteiger partial charge in [-0.1, -0.05) is 12.1 Å². The van der Waals surface area contributed by atoms with Crippen LogP contribution in [0.5, 0.6) is 11.9 Å². The van der Waals surface area contributed by atoms with E-state index in [9.17, 15) is 4.79 Å². The summed E-state index contributed by atoms with van der Waals surface area (Å²) in [5, 5.41) is 2.90. The summed E-state index contributed by atoms with van der Waals surface area (Å²) in [6.45, 7) is 0. The van der Waals surface area contributed by atoms with E-state index in [1.165, 1.54) is 14.2 Å². The van der Waals surface area contributed by atoms with Crippen LogP contribution in [-0.4, -0.2) is 35.1 Å². The summed E-state index contributed by atoms with van der Waals surface area (Å²) >= 11 is 0. The van der Waals surface area contributed by atoms with Gasteiger partial charge in [0, 0.05) is 34.8 Å². The lowest BCUT2D eigenvalue weighted by atomic mass is 9.97. The third-order valence-corrected chi connectivity index (χ3v) is 4.10. The number of methoxy groups -OCH3 is 2. The first-order chi connectivity index (χ1) is 12.7. The van der Waals surface area contributed by atoms with Crippen LogP contribution in [0.25, 0.3) is 22.9 Å². The molecule has 1 amide bonds. The van der Waals surface area contributed by atoms with Crippen LogP contribution in [0.2, 0.25) is 0 Å². The number of hydrogen-bond donors (Lipinski definition) is 2. The molecule has 0 spiro atoms. The smallest absolute Gasteiger partial charge is 0.320 e. The highest BCUT2D eigenvalue weighted by Gasteiger charge is 2.28. The van der Waals surface area contributed by atoms with E-state index >= 15 is 0 Å². The van der Waals surface area contributed by atoms with Crippen molar-refractivity contribution >= 4 is 23.2 Å². The summed E-state index contributed by atoms with van der Waals surface area (Å²) in [7, 11) is 3.03. The Kier molecular flexibility index (Phi) is 3.89. The number of benzene rings is 1. The second kappa shape index (κ2) is 6.36. The molecule has 0 atom stereocenters. The molecule has 1 aromatic carbocycles. The predicted molar refractivity (Wildman–Crippen MR) is 97.9 cm³/mol. The number of H-pyrrole nitrogens is 1. The second-order valence-corrected chi connectivity index (χ2v) is 5.65. The van der Waals surface area contributed by atoms with Gasteiger partial charge in [0.2, 0.25) is 5.88 Å². The number of aromatic nitrogens is 3. The van der Waals surface area contributed by atoms with Crippen molar-refractivity contribution in [2.24, 2.45) is 0 Å². The van der Waals surface area contributed by atoms with Crippen molar-refractivity contribution in [2.45, 2.75) is 0 Å². The van der Waals surface area contributed by atoms with E-state index in [2.05, 4.69) is 20.3 Å². The van der Waals surface area contributed by atoms with Crippen molar-refractivity contribution in [2.75, 3.05) is 19.5 Å². The number of hydrogen-bond acceptors (Lipinski definition) is 5. The van der Waals surface area contributed by atoms with Crippen LogP contribution in [-0.2, 0) is 4.79 Å². The highest BCUT2D eigenvalue weighted by Crippen LogP contribution is 2.40. The minimum absolute atomic E-state index is 0.157. The molecule has 0 unspecified atom stereocenters. The van der Waals surface area contributed by atoms with E-state index in [0.29, 0.717) is 17.1 Å². The summed E-state index contributed by atoms with van der Waals surface area (Å²) in [5.41, 5.74) is 4.33. The summed E-state index contributed by atoms with van der Waals surface area (Å²) in [6.07, 6.45) is 3.63. The molecule has 3 aromatic rings. The maximum Gasteiger partial charge on any atom is 0.320 e. The second-order valence-electron chi connectivity index (χ2n) is 5.65. The van der Waals surface area contributed by atoms with Crippen molar-refractivity contribution in [3.05, 3.63) is 53.9 Å².